The van der Waals surface area contributed by atoms with Crippen LogP contribution in [-0.4, -0.2) is 19.6 Å². The molecule has 0 radical (unpaired) electrons. The van der Waals surface area contributed by atoms with Crippen LogP contribution >= 0.6 is 34.2 Å². The number of carbonyl (C=O) groups is 1. The van der Waals surface area contributed by atoms with Crippen LogP contribution in [0.1, 0.15) is 18.1 Å². The summed E-state index contributed by atoms with van der Waals surface area (Å²) in [4.78, 5) is 12.7. The van der Waals surface area contributed by atoms with Crippen molar-refractivity contribution < 1.29 is 19.0 Å². The standard InChI is InChI=1S/C26H22ClIN2O4/c1-3-33-24-14-17(13-23(28)25(24)32-2)12-19(15-29)26(31)30-20-8-10-21(11-9-20)34-16-18-6-4-5-7-22(18)27/h4-14H,3,16H2,1-2H3,(H,30,31)/b19-12+. The third kappa shape index (κ3) is 6.65. The number of anilines is 1. The number of nitrogens with zero attached hydrogens (tertiary/aromatic N) is 1. The van der Waals surface area contributed by atoms with Gasteiger partial charge in [-0.1, -0.05) is 29.8 Å². The second-order valence-electron chi connectivity index (χ2n) is 7.00. The van der Waals surface area contributed by atoms with Crippen LogP contribution in [0.2, 0.25) is 5.02 Å². The van der Waals surface area contributed by atoms with Crippen LogP contribution in [-0.2, 0) is 11.4 Å². The second kappa shape index (κ2) is 12.3. The van der Waals surface area contributed by atoms with Gasteiger partial charge in [-0.3, -0.25) is 4.79 Å². The fourth-order valence-corrected chi connectivity index (χ4v) is 4.09. The van der Waals surface area contributed by atoms with E-state index in [-0.39, 0.29) is 5.57 Å². The number of ether oxygens (including phenoxy) is 3. The topological polar surface area (TPSA) is 80.6 Å². The van der Waals surface area contributed by atoms with Crippen molar-refractivity contribution in [3.05, 3.63) is 86.0 Å². The minimum atomic E-state index is -0.518. The van der Waals surface area contributed by atoms with Crippen LogP contribution in [0.5, 0.6) is 17.2 Å². The Balaban J connectivity index is 1.69. The summed E-state index contributed by atoms with van der Waals surface area (Å²) in [5, 5.41) is 12.9. The van der Waals surface area contributed by atoms with E-state index in [1.54, 1.807) is 37.4 Å². The molecule has 3 rings (SSSR count). The van der Waals surface area contributed by atoms with Crippen LogP contribution in [0.15, 0.2) is 66.2 Å². The lowest BCUT2D eigenvalue weighted by Crippen LogP contribution is -2.13. The Hall–Kier alpha value is -3.22. The Morgan fingerprint density at radius 1 is 1.15 bits per heavy atom. The Morgan fingerprint density at radius 2 is 1.88 bits per heavy atom. The highest BCUT2D eigenvalue weighted by Crippen LogP contribution is 2.34. The van der Waals surface area contributed by atoms with E-state index in [9.17, 15) is 10.1 Å². The second-order valence-corrected chi connectivity index (χ2v) is 8.56. The maximum Gasteiger partial charge on any atom is 0.266 e. The molecule has 0 atom stereocenters. The van der Waals surface area contributed by atoms with E-state index in [2.05, 4.69) is 27.9 Å². The maximum atomic E-state index is 12.7. The summed E-state index contributed by atoms with van der Waals surface area (Å²) < 4.78 is 17.6. The molecular weight excluding hydrogens is 567 g/mol. The summed E-state index contributed by atoms with van der Waals surface area (Å²) in [6.45, 7) is 2.66. The minimum absolute atomic E-state index is 0.0394. The summed E-state index contributed by atoms with van der Waals surface area (Å²) in [6, 6.07) is 19.9. The highest BCUT2D eigenvalue weighted by Gasteiger charge is 2.14. The number of methoxy groups -OCH3 is 1. The van der Waals surface area contributed by atoms with Gasteiger partial charge in [0.05, 0.1) is 17.3 Å². The lowest BCUT2D eigenvalue weighted by atomic mass is 10.1. The number of halogens is 2. The molecule has 174 valence electrons. The zero-order valence-electron chi connectivity index (χ0n) is 18.6. The van der Waals surface area contributed by atoms with Gasteiger partial charge in [-0.05, 0) is 83.6 Å². The van der Waals surface area contributed by atoms with Gasteiger partial charge in [0.15, 0.2) is 11.5 Å². The molecule has 6 nitrogen and oxygen atoms in total. The van der Waals surface area contributed by atoms with Gasteiger partial charge in [0.25, 0.3) is 5.91 Å². The Labute approximate surface area is 217 Å². The first-order valence-electron chi connectivity index (χ1n) is 10.3. The average Bonchev–Trinajstić information content (AvgIpc) is 2.83. The van der Waals surface area contributed by atoms with Crippen LogP contribution in [0.25, 0.3) is 6.08 Å². The van der Waals surface area contributed by atoms with Crippen LogP contribution in [0.4, 0.5) is 5.69 Å². The molecule has 0 saturated carbocycles. The van der Waals surface area contributed by atoms with E-state index in [1.807, 2.05) is 43.3 Å². The molecule has 3 aromatic carbocycles. The molecule has 1 N–H and O–H groups in total. The largest absolute Gasteiger partial charge is 0.492 e. The zero-order chi connectivity index (χ0) is 24.5. The summed E-state index contributed by atoms with van der Waals surface area (Å²) in [7, 11) is 1.57. The first-order chi connectivity index (χ1) is 16.4. The van der Waals surface area contributed by atoms with Crippen molar-refractivity contribution in [1.82, 2.24) is 0 Å². The van der Waals surface area contributed by atoms with Gasteiger partial charge in [-0.25, -0.2) is 0 Å². The molecule has 0 bridgehead atoms. The van der Waals surface area contributed by atoms with Crippen molar-refractivity contribution >= 4 is 51.9 Å². The maximum absolute atomic E-state index is 12.7. The van der Waals surface area contributed by atoms with Crippen LogP contribution < -0.4 is 19.5 Å². The quantitative estimate of drug-likeness (QED) is 0.176. The Kier molecular flexibility index (Phi) is 9.19. The van der Waals surface area contributed by atoms with Gasteiger partial charge in [0.2, 0.25) is 0 Å². The molecule has 1 amide bonds. The molecule has 0 aliphatic rings. The molecule has 0 spiro atoms. The molecule has 34 heavy (non-hydrogen) atoms. The van der Waals surface area contributed by atoms with Gasteiger partial charge in [0, 0.05) is 16.3 Å². The molecule has 3 aromatic rings. The van der Waals surface area contributed by atoms with Crippen LogP contribution in [0, 0.1) is 14.9 Å². The summed E-state index contributed by atoms with van der Waals surface area (Å²) in [5.74, 6) is 1.27. The molecule has 8 heteroatoms. The number of carbonyl (C=O) groups excluding carboxylic acids is 1. The van der Waals surface area contributed by atoms with E-state index in [0.29, 0.717) is 46.7 Å². The molecule has 0 fully saturated rings. The third-order valence-electron chi connectivity index (χ3n) is 4.68. The van der Waals surface area contributed by atoms with Gasteiger partial charge < -0.3 is 19.5 Å². The average molecular weight is 589 g/mol. The van der Waals surface area contributed by atoms with Crippen molar-refractivity contribution in [1.29, 1.82) is 5.26 Å². The van der Waals surface area contributed by atoms with E-state index in [0.717, 1.165) is 9.13 Å². The molecule has 0 aliphatic heterocycles. The highest BCUT2D eigenvalue weighted by atomic mass is 127. The fraction of sp³-hybridized carbons (Fsp3) is 0.154. The zero-order valence-corrected chi connectivity index (χ0v) is 21.5. The van der Waals surface area contributed by atoms with E-state index >= 15 is 0 Å². The number of nitriles is 1. The lowest BCUT2D eigenvalue weighted by Gasteiger charge is -2.12. The molecule has 0 aromatic heterocycles. The summed E-state index contributed by atoms with van der Waals surface area (Å²) >= 11 is 8.27. The minimum Gasteiger partial charge on any atom is -0.492 e. The predicted octanol–water partition coefficient (Wildman–Crippen LogP) is 6.48. The van der Waals surface area contributed by atoms with Crippen molar-refractivity contribution in [3.63, 3.8) is 0 Å². The lowest BCUT2D eigenvalue weighted by molar-refractivity contribution is -0.112. The van der Waals surface area contributed by atoms with E-state index in [1.165, 1.54) is 6.08 Å². The Morgan fingerprint density at radius 3 is 2.53 bits per heavy atom. The van der Waals surface area contributed by atoms with Crippen molar-refractivity contribution in [2.45, 2.75) is 13.5 Å². The molecule has 0 saturated heterocycles. The molecular formula is C26H22ClIN2O4. The first kappa shape index (κ1) is 25.4. The number of hydrogen-bond donors (Lipinski definition) is 1. The van der Waals surface area contributed by atoms with Gasteiger partial charge in [-0.15, -0.1) is 0 Å². The number of hydrogen-bond acceptors (Lipinski definition) is 5. The first-order valence-corrected chi connectivity index (χ1v) is 11.8. The van der Waals surface area contributed by atoms with Gasteiger partial charge in [0.1, 0.15) is 24.0 Å². The summed E-state index contributed by atoms with van der Waals surface area (Å²) in [5.41, 5.74) is 2.03. The predicted molar refractivity (Wildman–Crippen MR) is 141 cm³/mol. The number of nitrogens with one attached hydrogen (secondary N) is 1. The fourth-order valence-electron chi connectivity index (χ4n) is 3.06. The van der Waals surface area contributed by atoms with Crippen molar-refractivity contribution in [2.75, 3.05) is 19.0 Å². The van der Waals surface area contributed by atoms with Gasteiger partial charge >= 0.3 is 0 Å². The van der Waals surface area contributed by atoms with Crippen molar-refractivity contribution in [3.8, 4) is 23.3 Å². The smallest absolute Gasteiger partial charge is 0.266 e. The SMILES string of the molecule is CCOc1cc(/C=C(\C#N)C(=O)Nc2ccc(OCc3ccccc3Cl)cc2)cc(I)c1OC. The normalized spacial score (nSPS) is 10.9. The third-order valence-corrected chi connectivity index (χ3v) is 5.85. The summed E-state index contributed by atoms with van der Waals surface area (Å²) in [6.07, 6.45) is 1.51. The molecule has 0 unspecified atom stereocenters. The molecule has 0 aliphatic carbocycles. The number of rotatable bonds is 9. The van der Waals surface area contributed by atoms with Crippen molar-refractivity contribution in [2.24, 2.45) is 0 Å². The van der Waals surface area contributed by atoms with Gasteiger partial charge in [-0.2, -0.15) is 5.26 Å². The van der Waals surface area contributed by atoms with E-state index < -0.39 is 5.91 Å². The molecule has 0 heterocycles. The highest BCUT2D eigenvalue weighted by molar-refractivity contribution is 14.1. The Bertz CT molecular complexity index is 1240. The number of amides is 1. The van der Waals surface area contributed by atoms with Crippen LogP contribution in [0.3, 0.4) is 0 Å². The number of benzene rings is 3. The van der Waals surface area contributed by atoms with E-state index in [4.69, 9.17) is 25.8 Å². The monoisotopic (exact) mass is 588 g/mol.